The van der Waals surface area contributed by atoms with Gasteiger partial charge in [-0.25, -0.2) is 9.18 Å². The summed E-state index contributed by atoms with van der Waals surface area (Å²) in [6.45, 7) is 5.79. The molecule has 3 aliphatic heterocycles. The molecule has 2 fully saturated rings. The summed E-state index contributed by atoms with van der Waals surface area (Å²) >= 11 is 0. The fourth-order valence-electron chi connectivity index (χ4n) is 4.59. The normalized spacial score (nSPS) is 21.0. The summed E-state index contributed by atoms with van der Waals surface area (Å²) in [4.78, 5) is 46.3. The fraction of sp³-hybridized carbons (Fsp3) is 0.522. The summed E-state index contributed by atoms with van der Waals surface area (Å²) in [5.74, 6) is -1.03. The van der Waals surface area contributed by atoms with E-state index in [4.69, 9.17) is 4.74 Å². The van der Waals surface area contributed by atoms with Crippen LogP contribution in [0.15, 0.2) is 30.0 Å². The van der Waals surface area contributed by atoms with Gasteiger partial charge in [-0.05, 0) is 44.5 Å². The number of carbonyl (C=O) groups excluding carboxylic acids is 3. The highest BCUT2D eigenvalue weighted by Gasteiger charge is 2.46. The van der Waals surface area contributed by atoms with Crippen LogP contribution in [-0.4, -0.2) is 96.5 Å². The molecule has 1 aromatic rings. The molecule has 1 aromatic carbocycles. The van der Waals surface area contributed by atoms with E-state index in [2.05, 4.69) is 4.90 Å². The molecule has 0 saturated carbocycles. The lowest BCUT2D eigenvalue weighted by molar-refractivity contribution is -0.141. The summed E-state index contributed by atoms with van der Waals surface area (Å²) in [6.07, 6.45) is 0.639. The predicted molar refractivity (Wildman–Crippen MR) is 116 cm³/mol. The Balaban J connectivity index is 1.59. The zero-order chi connectivity index (χ0) is 22.8. The van der Waals surface area contributed by atoms with Crippen molar-refractivity contribution in [3.63, 3.8) is 0 Å². The molecule has 0 bridgehead atoms. The SMILES string of the molecule is CCOC(=O)N1CCC(N2C(=O)C(c3ccc(F)cc3)=C(N3CCN(C)CC3)C2=O)CC1. The van der Waals surface area contributed by atoms with Crippen LogP contribution in [0.2, 0.25) is 0 Å². The fourth-order valence-corrected chi connectivity index (χ4v) is 4.59. The minimum Gasteiger partial charge on any atom is -0.450 e. The van der Waals surface area contributed by atoms with Crippen LogP contribution < -0.4 is 0 Å². The lowest BCUT2D eigenvalue weighted by Gasteiger charge is -2.37. The molecule has 3 heterocycles. The maximum absolute atomic E-state index is 13.6. The number of imide groups is 1. The first kappa shape index (κ1) is 22.3. The van der Waals surface area contributed by atoms with Crippen molar-refractivity contribution in [2.24, 2.45) is 0 Å². The van der Waals surface area contributed by atoms with Crippen LogP contribution in [0.3, 0.4) is 0 Å². The van der Waals surface area contributed by atoms with Crippen LogP contribution in [-0.2, 0) is 14.3 Å². The molecule has 0 spiro atoms. The average Bonchev–Trinajstić information content (AvgIpc) is 3.05. The van der Waals surface area contributed by atoms with Crippen molar-refractivity contribution >= 4 is 23.5 Å². The molecular weight excluding hydrogens is 415 g/mol. The number of ether oxygens (including phenoxy) is 1. The van der Waals surface area contributed by atoms with Gasteiger partial charge in [0.2, 0.25) is 0 Å². The molecule has 3 amide bonds. The largest absolute Gasteiger partial charge is 0.450 e. The van der Waals surface area contributed by atoms with E-state index in [0.717, 1.165) is 13.1 Å². The second-order valence-electron chi connectivity index (χ2n) is 8.42. The van der Waals surface area contributed by atoms with E-state index in [1.165, 1.54) is 17.0 Å². The second-order valence-corrected chi connectivity index (χ2v) is 8.42. The van der Waals surface area contributed by atoms with Crippen LogP contribution in [0, 0.1) is 5.82 Å². The lowest BCUT2D eigenvalue weighted by Crippen LogP contribution is -2.50. The molecule has 0 N–H and O–H groups in total. The summed E-state index contributed by atoms with van der Waals surface area (Å²) in [5, 5.41) is 0. The molecule has 0 atom stereocenters. The van der Waals surface area contributed by atoms with E-state index in [-0.39, 0.29) is 23.9 Å². The van der Waals surface area contributed by atoms with Crippen molar-refractivity contribution in [2.45, 2.75) is 25.8 Å². The highest BCUT2D eigenvalue weighted by molar-refractivity contribution is 6.35. The number of likely N-dealkylation sites (tertiary alicyclic amines) is 1. The van der Waals surface area contributed by atoms with Gasteiger partial charge < -0.3 is 19.4 Å². The van der Waals surface area contributed by atoms with Crippen LogP contribution in [0.1, 0.15) is 25.3 Å². The maximum atomic E-state index is 13.6. The Morgan fingerprint density at radius 2 is 1.62 bits per heavy atom. The highest BCUT2D eigenvalue weighted by Crippen LogP contribution is 2.35. The third kappa shape index (κ3) is 4.21. The van der Waals surface area contributed by atoms with Crippen molar-refractivity contribution in [1.29, 1.82) is 0 Å². The van der Waals surface area contributed by atoms with Gasteiger partial charge in [0, 0.05) is 45.3 Å². The quantitative estimate of drug-likeness (QED) is 0.660. The van der Waals surface area contributed by atoms with E-state index in [9.17, 15) is 18.8 Å². The first-order chi connectivity index (χ1) is 15.4. The van der Waals surface area contributed by atoms with Gasteiger partial charge in [-0.2, -0.15) is 0 Å². The number of hydrogen-bond donors (Lipinski definition) is 0. The van der Waals surface area contributed by atoms with Crippen molar-refractivity contribution in [2.75, 3.05) is 52.9 Å². The second kappa shape index (κ2) is 9.28. The number of piperazine rings is 1. The van der Waals surface area contributed by atoms with Crippen molar-refractivity contribution in [3.8, 4) is 0 Å². The minimum absolute atomic E-state index is 0.291. The Hall–Kier alpha value is -2.94. The molecule has 2 saturated heterocycles. The molecule has 0 aromatic heterocycles. The molecule has 0 aliphatic carbocycles. The summed E-state index contributed by atoms with van der Waals surface area (Å²) in [6, 6.07) is 5.43. The minimum atomic E-state index is -0.393. The Labute approximate surface area is 187 Å². The summed E-state index contributed by atoms with van der Waals surface area (Å²) in [5.41, 5.74) is 1.29. The molecule has 172 valence electrons. The molecule has 4 rings (SSSR count). The van der Waals surface area contributed by atoms with E-state index in [1.54, 1.807) is 24.0 Å². The first-order valence-electron chi connectivity index (χ1n) is 11.1. The molecule has 3 aliphatic rings. The number of hydrogen-bond acceptors (Lipinski definition) is 6. The van der Waals surface area contributed by atoms with Crippen LogP contribution in [0.5, 0.6) is 0 Å². The molecule has 32 heavy (non-hydrogen) atoms. The topological polar surface area (TPSA) is 73.4 Å². The number of carbonyl (C=O) groups is 3. The smallest absolute Gasteiger partial charge is 0.409 e. The van der Waals surface area contributed by atoms with Gasteiger partial charge in [0.05, 0.1) is 12.2 Å². The number of benzene rings is 1. The van der Waals surface area contributed by atoms with E-state index in [0.29, 0.717) is 62.5 Å². The average molecular weight is 445 g/mol. The van der Waals surface area contributed by atoms with Gasteiger partial charge in [0.25, 0.3) is 11.8 Å². The number of piperidine rings is 1. The molecule has 9 heteroatoms. The Morgan fingerprint density at radius 3 is 2.22 bits per heavy atom. The van der Waals surface area contributed by atoms with Gasteiger partial charge in [0.15, 0.2) is 0 Å². The number of likely N-dealkylation sites (N-methyl/N-ethyl adjacent to an activating group) is 1. The number of nitrogens with zero attached hydrogens (tertiary/aromatic N) is 4. The van der Waals surface area contributed by atoms with Crippen molar-refractivity contribution < 1.29 is 23.5 Å². The number of amides is 3. The van der Waals surface area contributed by atoms with E-state index in [1.807, 2.05) is 11.9 Å². The van der Waals surface area contributed by atoms with Gasteiger partial charge in [0.1, 0.15) is 11.5 Å². The van der Waals surface area contributed by atoms with E-state index >= 15 is 0 Å². The summed E-state index contributed by atoms with van der Waals surface area (Å²) < 4.78 is 18.6. The highest BCUT2D eigenvalue weighted by atomic mass is 19.1. The molecule has 8 nitrogen and oxygen atoms in total. The molecule has 0 radical (unpaired) electrons. The number of halogens is 1. The van der Waals surface area contributed by atoms with E-state index < -0.39 is 5.82 Å². The first-order valence-corrected chi connectivity index (χ1v) is 11.1. The van der Waals surface area contributed by atoms with Crippen LogP contribution in [0.25, 0.3) is 5.57 Å². The predicted octanol–water partition coefficient (Wildman–Crippen LogP) is 1.77. The maximum Gasteiger partial charge on any atom is 0.409 e. The lowest BCUT2D eigenvalue weighted by atomic mass is 10.0. The van der Waals surface area contributed by atoms with Crippen molar-refractivity contribution in [1.82, 2.24) is 19.6 Å². The van der Waals surface area contributed by atoms with Crippen LogP contribution in [0.4, 0.5) is 9.18 Å². The Morgan fingerprint density at radius 1 is 1.00 bits per heavy atom. The van der Waals surface area contributed by atoms with Gasteiger partial charge in [-0.1, -0.05) is 12.1 Å². The Kier molecular flexibility index (Phi) is 6.45. The van der Waals surface area contributed by atoms with Gasteiger partial charge in [-0.15, -0.1) is 0 Å². The number of rotatable bonds is 4. The molecule has 0 unspecified atom stereocenters. The van der Waals surface area contributed by atoms with Gasteiger partial charge in [-0.3, -0.25) is 14.5 Å². The monoisotopic (exact) mass is 444 g/mol. The Bertz CT molecular complexity index is 916. The van der Waals surface area contributed by atoms with Crippen molar-refractivity contribution in [3.05, 3.63) is 41.3 Å². The zero-order valence-corrected chi connectivity index (χ0v) is 18.6. The third-order valence-electron chi connectivity index (χ3n) is 6.40. The van der Waals surface area contributed by atoms with Gasteiger partial charge >= 0.3 is 6.09 Å². The standard InChI is InChI=1S/C23H29FN4O4/c1-3-32-23(31)27-10-8-18(9-11-27)28-21(29)19(16-4-6-17(24)7-5-16)20(22(28)30)26-14-12-25(2)13-15-26/h4-7,18H,3,8-15H2,1-2H3. The third-order valence-corrected chi connectivity index (χ3v) is 6.40. The molecular formula is C23H29FN4O4. The summed E-state index contributed by atoms with van der Waals surface area (Å²) in [7, 11) is 2.03. The zero-order valence-electron chi connectivity index (χ0n) is 18.6. The van der Waals surface area contributed by atoms with Crippen LogP contribution >= 0.6 is 0 Å².